The zero-order chi connectivity index (χ0) is 13.0. The van der Waals surface area contributed by atoms with E-state index in [0.717, 1.165) is 11.4 Å². The Morgan fingerprint density at radius 1 is 1.39 bits per heavy atom. The third-order valence-electron chi connectivity index (χ3n) is 2.82. The Kier molecular flexibility index (Phi) is 4.12. The zero-order valence-corrected chi connectivity index (χ0v) is 11.0. The van der Waals surface area contributed by atoms with E-state index in [4.69, 9.17) is 5.73 Å². The summed E-state index contributed by atoms with van der Waals surface area (Å²) in [7, 11) is 0. The van der Waals surface area contributed by atoms with E-state index in [1.807, 2.05) is 24.3 Å². The summed E-state index contributed by atoms with van der Waals surface area (Å²) in [6, 6.07) is 12.4. The molecule has 0 bridgehead atoms. The lowest BCUT2D eigenvalue weighted by Gasteiger charge is -2.13. The van der Waals surface area contributed by atoms with E-state index in [0.29, 0.717) is 5.56 Å². The second-order valence-electron chi connectivity index (χ2n) is 4.18. The van der Waals surface area contributed by atoms with E-state index in [2.05, 4.69) is 24.4 Å². The van der Waals surface area contributed by atoms with Gasteiger partial charge in [0.05, 0.1) is 5.56 Å². The van der Waals surface area contributed by atoms with Crippen molar-refractivity contribution in [2.24, 2.45) is 5.73 Å². The molecule has 0 radical (unpaired) electrons. The Hall–Kier alpha value is -1.65. The third-order valence-corrected chi connectivity index (χ3v) is 3.76. The van der Waals surface area contributed by atoms with Crippen LogP contribution >= 0.6 is 11.3 Å². The van der Waals surface area contributed by atoms with Gasteiger partial charge in [-0.15, -0.1) is 11.3 Å². The van der Waals surface area contributed by atoms with E-state index in [-0.39, 0.29) is 11.9 Å². The lowest BCUT2D eigenvalue weighted by Crippen LogP contribution is -2.17. The summed E-state index contributed by atoms with van der Waals surface area (Å²) in [6.45, 7) is 2.87. The van der Waals surface area contributed by atoms with E-state index in [1.54, 1.807) is 16.7 Å². The van der Waals surface area contributed by atoms with Gasteiger partial charge >= 0.3 is 0 Å². The van der Waals surface area contributed by atoms with Gasteiger partial charge in [0.2, 0.25) is 5.91 Å². The molecule has 2 rings (SSSR count). The van der Waals surface area contributed by atoms with Crippen LogP contribution in [-0.4, -0.2) is 5.91 Å². The highest BCUT2D eigenvalue weighted by Gasteiger charge is 2.07. The highest BCUT2D eigenvalue weighted by molar-refractivity contribution is 7.10. The van der Waals surface area contributed by atoms with Crippen LogP contribution in [0.5, 0.6) is 0 Å². The maximum Gasteiger partial charge on any atom is 0.249 e. The molecule has 4 heteroatoms. The fourth-order valence-electron chi connectivity index (χ4n) is 1.72. The zero-order valence-electron chi connectivity index (χ0n) is 10.2. The van der Waals surface area contributed by atoms with Crippen molar-refractivity contribution in [2.75, 3.05) is 0 Å². The Labute approximate surface area is 111 Å². The molecule has 0 saturated heterocycles. The molecule has 0 aliphatic heterocycles. The summed E-state index contributed by atoms with van der Waals surface area (Å²) >= 11 is 1.55. The first-order chi connectivity index (χ1) is 8.66. The van der Waals surface area contributed by atoms with Crippen molar-refractivity contribution in [3.8, 4) is 0 Å². The van der Waals surface area contributed by atoms with Crippen molar-refractivity contribution in [3.63, 3.8) is 0 Å². The summed E-state index contributed by atoms with van der Waals surface area (Å²) in [5.41, 5.74) is 7.06. The van der Waals surface area contributed by atoms with E-state index >= 15 is 0 Å². The normalized spacial score (nSPS) is 12.3. The van der Waals surface area contributed by atoms with Crippen LogP contribution in [-0.2, 0) is 6.54 Å². The first-order valence-corrected chi connectivity index (χ1v) is 6.70. The van der Waals surface area contributed by atoms with Crippen LogP contribution in [0.25, 0.3) is 0 Å². The minimum absolute atomic E-state index is 0.283. The average Bonchev–Trinajstić information content (AvgIpc) is 2.86. The molecule has 1 atom stereocenters. The molecule has 0 fully saturated rings. The van der Waals surface area contributed by atoms with Gasteiger partial charge in [0, 0.05) is 22.8 Å². The molecule has 0 aliphatic rings. The molecule has 0 spiro atoms. The van der Waals surface area contributed by atoms with Gasteiger partial charge < -0.3 is 11.1 Å². The number of hydrogen-bond donors (Lipinski definition) is 2. The lowest BCUT2D eigenvalue weighted by molar-refractivity contribution is 0.100. The quantitative estimate of drug-likeness (QED) is 0.868. The van der Waals surface area contributed by atoms with E-state index < -0.39 is 0 Å². The standard InChI is InChI=1S/C14H16N2OS/c1-10(11-5-3-2-4-6-11)16-8-13-7-12(9-18-13)14(15)17/h2-7,9-10,16H,8H2,1H3,(H2,15,17)/t10-/m0/s1. The molecule has 1 heterocycles. The number of nitrogens with two attached hydrogens (primary N) is 1. The highest BCUT2D eigenvalue weighted by atomic mass is 32.1. The number of thiophene rings is 1. The Balaban J connectivity index is 1.93. The Morgan fingerprint density at radius 2 is 2.11 bits per heavy atom. The van der Waals surface area contributed by atoms with Crippen molar-refractivity contribution in [3.05, 3.63) is 57.8 Å². The van der Waals surface area contributed by atoms with Crippen molar-refractivity contribution in [1.29, 1.82) is 0 Å². The third kappa shape index (κ3) is 3.18. The van der Waals surface area contributed by atoms with Crippen LogP contribution in [0.4, 0.5) is 0 Å². The van der Waals surface area contributed by atoms with Crippen LogP contribution in [0, 0.1) is 0 Å². The van der Waals surface area contributed by atoms with Gasteiger partial charge in [0.25, 0.3) is 0 Å². The van der Waals surface area contributed by atoms with E-state index in [9.17, 15) is 4.79 Å². The number of amides is 1. The molecule has 94 valence electrons. The molecule has 0 unspecified atom stereocenters. The molecule has 0 aliphatic carbocycles. The molecule has 3 N–H and O–H groups in total. The average molecular weight is 260 g/mol. The molecule has 1 amide bonds. The smallest absolute Gasteiger partial charge is 0.249 e. The van der Waals surface area contributed by atoms with Crippen LogP contribution in [0.1, 0.15) is 33.8 Å². The number of carbonyl (C=O) groups excluding carboxylic acids is 1. The second-order valence-corrected chi connectivity index (χ2v) is 5.17. The number of carbonyl (C=O) groups is 1. The van der Waals surface area contributed by atoms with Crippen LogP contribution in [0.15, 0.2) is 41.8 Å². The summed E-state index contributed by atoms with van der Waals surface area (Å²) in [6.07, 6.45) is 0. The molecular weight excluding hydrogens is 244 g/mol. The fourth-order valence-corrected chi connectivity index (χ4v) is 2.54. The maximum absolute atomic E-state index is 11.0. The number of benzene rings is 1. The molecule has 2 aromatic rings. The fraction of sp³-hybridized carbons (Fsp3) is 0.214. The molecule has 18 heavy (non-hydrogen) atoms. The molecule has 1 aromatic carbocycles. The first-order valence-electron chi connectivity index (χ1n) is 5.82. The highest BCUT2D eigenvalue weighted by Crippen LogP contribution is 2.17. The summed E-state index contributed by atoms with van der Waals surface area (Å²) in [5, 5.41) is 5.22. The number of rotatable bonds is 5. The van der Waals surface area contributed by atoms with Gasteiger partial charge in [-0.2, -0.15) is 0 Å². The van der Waals surface area contributed by atoms with Crippen LogP contribution < -0.4 is 11.1 Å². The van der Waals surface area contributed by atoms with E-state index in [1.165, 1.54) is 5.56 Å². The van der Waals surface area contributed by atoms with Crippen LogP contribution in [0.3, 0.4) is 0 Å². The minimum atomic E-state index is -0.367. The van der Waals surface area contributed by atoms with Crippen molar-refractivity contribution >= 4 is 17.2 Å². The second kappa shape index (κ2) is 5.80. The predicted octanol–water partition coefficient (Wildman–Crippen LogP) is 2.70. The predicted molar refractivity (Wildman–Crippen MR) is 74.5 cm³/mol. The van der Waals surface area contributed by atoms with Gasteiger partial charge in [-0.25, -0.2) is 0 Å². The SMILES string of the molecule is C[C@H](NCc1cc(C(N)=O)cs1)c1ccccc1. The molecule has 3 nitrogen and oxygen atoms in total. The van der Waals surface area contributed by atoms with Crippen LogP contribution in [0.2, 0.25) is 0 Å². The van der Waals surface area contributed by atoms with Gasteiger partial charge in [-0.1, -0.05) is 30.3 Å². The largest absolute Gasteiger partial charge is 0.366 e. The molecule has 0 saturated carbocycles. The minimum Gasteiger partial charge on any atom is -0.366 e. The maximum atomic E-state index is 11.0. The van der Waals surface area contributed by atoms with Gasteiger partial charge in [-0.3, -0.25) is 4.79 Å². The van der Waals surface area contributed by atoms with Crippen molar-refractivity contribution in [2.45, 2.75) is 19.5 Å². The lowest BCUT2D eigenvalue weighted by atomic mass is 10.1. The molecular formula is C14H16N2OS. The number of primary amides is 1. The van der Waals surface area contributed by atoms with Crippen molar-refractivity contribution < 1.29 is 4.79 Å². The first kappa shape index (κ1) is 12.8. The number of nitrogens with one attached hydrogen (secondary N) is 1. The van der Waals surface area contributed by atoms with Gasteiger partial charge in [0.15, 0.2) is 0 Å². The molecule has 1 aromatic heterocycles. The number of hydrogen-bond acceptors (Lipinski definition) is 3. The topological polar surface area (TPSA) is 55.1 Å². The Bertz CT molecular complexity index is 522. The summed E-state index contributed by atoms with van der Waals surface area (Å²) < 4.78 is 0. The van der Waals surface area contributed by atoms with Gasteiger partial charge in [0.1, 0.15) is 0 Å². The monoisotopic (exact) mass is 260 g/mol. The Morgan fingerprint density at radius 3 is 2.72 bits per heavy atom. The van der Waals surface area contributed by atoms with Gasteiger partial charge in [-0.05, 0) is 18.6 Å². The summed E-state index contributed by atoms with van der Waals surface area (Å²) in [5.74, 6) is -0.367. The van der Waals surface area contributed by atoms with Crippen molar-refractivity contribution in [1.82, 2.24) is 5.32 Å². The summed E-state index contributed by atoms with van der Waals surface area (Å²) in [4.78, 5) is 12.1.